The van der Waals surface area contributed by atoms with Gasteiger partial charge in [-0.2, -0.15) is 0 Å². The van der Waals surface area contributed by atoms with Gasteiger partial charge in [0.15, 0.2) is 0 Å². The Morgan fingerprint density at radius 3 is 2.22 bits per heavy atom. The van der Waals surface area contributed by atoms with Gasteiger partial charge in [-0.25, -0.2) is 12.8 Å². The topological polar surface area (TPSA) is 86.8 Å². The fourth-order valence-corrected chi connectivity index (χ4v) is 5.51. The van der Waals surface area contributed by atoms with Crippen LogP contribution >= 0.6 is 11.6 Å². The minimum Gasteiger partial charge on any atom is -0.352 e. The number of anilines is 1. The standard InChI is InChI=1S/C31H37ClFN3O4S/c1-4-23(2)34-31(38)29(21-24-11-6-5-7-12-24)35(22-25-13-8-9-14-28(25)33)30(37)15-10-20-36(41(3,39)40)27-18-16-26(32)17-19-27/h5-9,11-14,16-19,23,29H,4,10,15,20-22H2,1-3H3,(H,34,38)/t23-,29-/m0/s1. The van der Waals surface area contributed by atoms with Crippen LogP contribution in [0, 0.1) is 5.82 Å². The molecule has 0 heterocycles. The number of hydrogen-bond acceptors (Lipinski definition) is 4. The van der Waals surface area contributed by atoms with Gasteiger partial charge >= 0.3 is 0 Å². The Morgan fingerprint density at radius 1 is 0.976 bits per heavy atom. The Bertz CT molecular complexity index is 1400. The highest BCUT2D eigenvalue weighted by atomic mass is 35.5. The smallest absolute Gasteiger partial charge is 0.243 e. The second-order valence-electron chi connectivity index (χ2n) is 10.1. The molecule has 7 nitrogen and oxygen atoms in total. The number of amides is 2. The number of nitrogens with zero attached hydrogens (tertiary/aromatic N) is 2. The Kier molecular flexibility index (Phi) is 11.7. The molecular weight excluding hydrogens is 565 g/mol. The molecule has 0 fully saturated rings. The summed E-state index contributed by atoms with van der Waals surface area (Å²) in [5.74, 6) is -1.18. The maximum Gasteiger partial charge on any atom is 0.243 e. The lowest BCUT2D eigenvalue weighted by atomic mass is 10.0. The van der Waals surface area contributed by atoms with Crippen molar-refractivity contribution in [2.24, 2.45) is 0 Å². The van der Waals surface area contributed by atoms with E-state index >= 15 is 0 Å². The van der Waals surface area contributed by atoms with Gasteiger partial charge < -0.3 is 10.2 Å². The van der Waals surface area contributed by atoms with Crippen molar-refractivity contribution in [1.82, 2.24) is 10.2 Å². The molecule has 1 N–H and O–H groups in total. The highest BCUT2D eigenvalue weighted by Crippen LogP contribution is 2.22. The maximum absolute atomic E-state index is 14.8. The molecule has 0 aromatic heterocycles. The lowest BCUT2D eigenvalue weighted by molar-refractivity contribution is -0.141. The first-order valence-electron chi connectivity index (χ1n) is 13.6. The summed E-state index contributed by atoms with van der Waals surface area (Å²) in [4.78, 5) is 28.8. The first kappa shape index (κ1) is 32.1. The van der Waals surface area contributed by atoms with E-state index in [1.54, 1.807) is 42.5 Å². The van der Waals surface area contributed by atoms with Crippen molar-refractivity contribution in [3.63, 3.8) is 0 Å². The molecule has 3 aromatic rings. The van der Waals surface area contributed by atoms with Crippen molar-refractivity contribution < 1.29 is 22.4 Å². The average molecular weight is 602 g/mol. The summed E-state index contributed by atoms with van der Waals surface area (Å²) >= 11 is 5.97. The van der Waals surface area contributed by atoms with Gasteiger partial charge in [-0.3, -0.25) is 13.9 Å². The number of carbonyl (C=O) groups excluding carboxylic acids is 2. The van der Waals surface area contributed by atoms with E-state index in [1.807, 2.05) is 44.2 Å². The summed E-state index contributed by atoms with van der Waals surface area (Å²) in [6.45, 7) is 3.77. The summed E-state index contributed by atoms with van der Waals surface area (Å²) in [6.07, 6.45) is 2.19. The zero-order valence-electron chi connectivity index (χ0n) is 23.6. The molecule has 0 aliphatic carbocycles. The minimum absolute atomic E-state index is 0.0438. The fraction of sp³-hybridized carbons (Fsp3) is 0.355. The molecule has 0 aliphatic rings. The second kappa shape index (κ2) is 15.0. The predicted molar refractivity (Wildman–Crippen MR) is 162 cm³/mol. The Morgan fingerprint density at radius 2 is 1.61 bits per heavy atom. The maximum atomic E-state index is 14.8. The van der Waals surface area contributed by atoms with Crippen LogP contribution in [0.25, 0.3) is 0 Å². The quantitative estimate of drug-likeness (QED) is 0.261. The summed E-state index contributed by atoms with van der Waals surface area (Å²) < 4.78 is 41.1. The molecule has 3 rings (SSSR count). The van der Waals surface area contributed by atoms with Crippen LogP contribution in [0.1, 0.15) is 44.2 Å². The lowest BCUT2D eigenvalue weighted by Crippen LogP contribution is -2.52. The van der Waals surface area contributed by atoms with Gasteiger partial charge in [0.1, 0.15) is 11.9 Å². The number of halogens is 2. The van der Waals surface area contributed by atoms with Crippen molar-refractivity contribution in [3.05, 3.63) is 101 Å². The van der Waals surface area contributed by atoms with Crippen molar-refractivity contribution in [3.8, 4) is 0 Å². The van der Waals surface area contributed by atoms with E-state index in [9.17, 15) is 22.4 Å². The third-order valence-corrected chi connectivity index (χ3v) is 8.28. The second-order valence-corrected chi connectivity index (χ2v) is 12.4. The summed E-state index contributed by atoms with van der Waals surface area (Å²) in [5, 5.41) is 3.45. The average Bonchev–Trinajstić information content (AvgIpc) is 2.94. The van der Waals surface area contributed by atoms with E-state index in [0.29, 0.717) is 17.1 Å². The number of sulfonamides is 1. The normalized spacial score (nSPS) is 12.8. The van der Waals surface area contributed by atoms with Gasteiger partial charge in [0.2, 0.25) is 21.8 Å². The summed E-state index contributed by atoms with van der Waals surface area (Å²) in [7, 11) is -3.64. The number of carbonyl (C=O) groups is 2. The molecule has 2 atom stereocenters. The number of benzene rings is 3. The van der Waals surface area contributed by atoms with Crippen LogP contribution in [0.4, 0.5) is 10.1 Å². The summed E-state index contributed by atoms with van der Waals surface area (Å²) in [5.41, 5.74) is 1.57. The first-order valence-corrected chi connectivity index (χ1v) is 15.8. The van der Waals surface area contributed by atoms with Gasteiger partial charge in [0.25, 0.3) is 0 Å². The monoisotopic (exact) mass is 601 g/mol. The molecule has 0 saturated heterocycles. The van der Waals surface area contributed by atoms with E-state index in [-0.39, 0.29) is 55.8 Å². The number of rotatable bonds is 14. The molecule has 0 aliphatic heterocycles. The van der Waals surface area contributed by atoms with Crippen molar-refractivity contribution in [2.45, 2.75) is 58.2 Å². The van der Waals surface area contributed by atoms with Crippen LogP contribution in [0.3, 0.4) is 0 Å². The zero-order valence-corrected chi connectivity index (χ0v) is 25.2. The van der Waals surface area contributed by atoms with Crippen LogP contribution in [-0.4, -0.2) is 50.0 Å². The summed E-state index contributed by atoms with van der Waals surface area (Å²) in [6, 6.07) is 20.9. The van der Waals surface area contributed by atoms with Gasteiger partial charge in [0, 0.05) is 42.6 Å². The molecule has 220 valence electrons. The van der Waals surface area contributed by atoms with Crippen LogP contribution in [0.5, 0.6) is 0 Å². The molecule has 0 unspecified atom stereocenters. The molecule has 3 aromatic carbocycles. The molecule has 41 heavy (non-hydrogen) atoms. The van der Waals surface area contributed by atoms with Gasteiger partial charge in [-0.1, -0.05) is 67.1 Å². The molecule has 2 amide bonds. The molecule has 0 saturated carbocycles. The molecule has 0 spiro atoms. The van der Waals surface area contributed by atoms with E-state index in [2.05, 4.69) is 5.32 Å². The highest BCUT2D eigenvalue weighted by molar-refractivity contribution is 7.92. The molecule has 0 radical (unpaired) electrons. The number of hydrogen-bond donors (Lipinski definition) is 1. The zero-order chi connectivity index (χ0) is 30.0. The lowest BCUT2D eigenvalue weighted by Gasteiger charge is -2.32. The largest absolute Gasteiger partial charge is 0.352 e. The van der Waals surface area contributed by atoms with E-state index in [4.69, 9.17) is 11.6 Å². The van der Waals surface area contributed by atoms with Gasteiger partial charge in [-0.05, 0) is 55.7 Å². The molecule has 10 heteroatoms. The third kappa shape index (κ3) is 9.57. The Labute approximate surface area is 247 Å². The van der Waals surface area contributed by atoms with Crippen LogP contribution in [0.2, 0.25) is 5.02 Å². The van der Waals surface area contributed by atoms with Crippen molar-refractivity contribution in [1.29, 1.82) is 0 Å². The van der Waals surface area contributed by atoms with E-state index < -0.39 is 21.9 Å². The number of nitrogens with one attached hydrogen (secondary N) is 1. The molecule has 0 bridgehead atoms. The third-order valence-electron chi connectivity index (χ3n) is 6.84. The van der Waals surface area contributed by atoms with Crippen LogP contribution in [-0.2, 0) is 32.6 Å². The Balaban J connectivity index is 1.89. The predicted octanol–water partition coefficient (Wildman–Crippen LogP) is 5.58. The van der Waals surface area contributed by atoms with Crippen LogP contribution < -0.4 is 9.62 Å². The van der Waals surface area contributed by atoms with Gasteiger partial charge in [-0.15, -0.1) is 0 Å². The van der Waals surface area contributed by atoms with Crippen LogP contribution in [0.15, 0.2) is 78.9 Å². The van der Waals surface area contributed by atoms with E-state index in [1.165, 1.54) is 15.3 Å². The van der Waals surface area contributed by atoms with Gasteiger partial charge in [0.05, 0.1) is 11.9 Å². The minimum atomic E-state index is -3.64. The first-order chi connectivity index (χ1) is 19.5. The SMILES string of the molecule is CC[C@H](C)NC(=O)[C@H](Cc1ccccc1)N(Cc1ccccc1F)C(=O)CCCN(c1ccc(Cl)cc1)S(C)(=O)=O. The Hall–Kier alpha value is -3.43. The van der Waals surface area contributed by atoms with E-state index in [0.717, 1.165) is 11.8 Å². The highest BCUT2D eigenvalue weighted by Gasteiger charge is 2.31. The van der Waals surface area contributed by atoms with Crippen molar-refractivity contribution in [2.75, 3.05) is 17.1 Å². The fourth-order valence-electron chi connectivity index (χ4n) is 4.42. The molecular formula is C31H37ClFN3O4S. The van der Waals surface area contributed by atoms with Crippen molar-refractivity contribution >= 4 is 39.1 Å².